The summed E-state index contributed by atoms with van der Waals surface area (Å²) in [5.41, 5.74) is 1.31. The van der Waals surface area contributed by atoms with Gasteiger partial charge in [0.05, 0.1) is 0 Å². The molecule has 82 valence electrons. The highest BCUT2D eigenvalue weighted by molar-refractivity contribution is 7.99. The molecular formula is C14H14OS. The molecule has 0 atom stereocenters. The van der Waals surface area contributed by atoms with Crippen molar-refractivity contribution in [3.63, 3.8) is 0 Å². The van der Waals surface area contributed by atoms with Crippen LogP contribution in [0.2, 0.25) is 0 Å². The molecule has 0 N–H and O–H groups in total. The lowest BCUT2D eigenvalue weighted by Crippen LogP contribution is -1.74. The van der Waals surface area contributed by atoms with Crippen molar-refractivity contribution in [1.82, 2.24) is 0 Å². The van der Waals surface area contributed by atoms with E-state index in [2.05, 4.69) is 55.5 Å². The van der Waals surface area contributed by atoms with Gasteiger partial charge in [0.1, 0.15) is 6.79 Å². The molecule has 0 spiro atoms. The SMILES string of the molecule is C=O.Cc1ccc(Sc2ccccc2)cc1. The Bertz CT molecular complexity index is 409. The number of hydrogen-bond acceptors (Lipinski definition) is 2. The second kappa shape index (κ2) is 6.85. The average Bonchev–Trinajstić information content (AvgIpc) is 2.36. The van der Waals surface area contributed by atoms with Gasteiger partial charge in [0.15, 0.2) is 0 Å². The lowest BCUT2D eigenvalue weighted by molar-refractivity contribution is -0.0979. The Morgan fingerprint density at radius 1 is 0.812 bits per heavy atom. The van der Waals surface area contributed by atoms with Gasteiger partial charge in [0, 0.05) is 9.79 Å². The van der Waals surface area contributed by atoms with E-state index in [9.17, 15) is 0 Å². The fraction of sp³-hybridized carbons (Fsp3) is 0.0714. The minimum absolute atomic E-state index is 1.29. The molecular weight excluding hydrogens is 216 g/mol. The summed E-state index contributed by atoms with van der Waals surface area (Å²) in [5.74, 6) is 0. The molecule has 2 rings (SSSR count). The normalized spacial score (nSPS) is 9.06. The number of benzene rings is 2. The van der Waals surface area contributed by atoms with Crippen molar-refractivity contribution >= 4 is 18.6 Å². The Hall–Kier alpha value is -1.54. The van der Waals surface area contributed by atoms with Crippen molar-refractivity contribution in [1.29, 1.82) is 0 Å². The Kier molecular flexibility index (Phi) is 5.37. The lowest BCUT2D eigenvalue weighted by Gasteiger charge is -2.01. The van der Waals surface area contributed by atoms with E-state index in [0.717, 1.165) is 0 Å². The van der Waals surface area contributed by atoms with Gasteiger partial charge in [0.25, 0.3) is 0 Å². The van der Waals surface area contributed by atoms with Gasteiger partial charge in [-0.1, -0.05) is 47.7 Å². The first-order valence-corrected chi connectivity index (χ1v) is 5.75. The molecule has 0 amide bonds. The first-order chi connectivity index (χ1) is 7.84. The molecule has 0 heterocycles. The predicted molar refractivity (Wildman–Crippen MR) is 68.9 cm³/mol. The Balaban J connectivity index is 0.000000606. The molecule has 2 heteroatoms. The fourth-order valence-corrected chi connectivity index (χ4v) is 2.07. The second-order valence-corrected chi connectivity index (χ2v) is 4.38. The van der Waals surface area contributed by atoms with Crippen LogP contribution in [-0.2, 0) is 4.79 Å². The van der Waals surface area contributed by atoms with Crippen LogP contribution in [0.3, 0.4) is 0 Å². The third-order valence-electron chi connectivity index (χ3n) is 2.00. The molecule has 0 radical (unpaired) electrons. The number of aryl methyl sites for hydroxylation is 1. The van der Waals surface area contributed by atoms with E-state index in [1.807, 2.05) is 12.9 Å². The largest absolute Gasteiger partial charge is 0.307 e. The van der Waals surface area contributed by atoms with E-state index in [1.165, 1.54) is 15.4 Å². The molecule has 0 aliphatic carbocycles. The molecule has 0 aliphatic heterocycles. The van der Waals surface area contributed by atoms with E-state index in [0.29, 0.717) is 0 Å². The van der Waals surface area contributed by atoms with Gasteiger partial charge >= 0.3 is 0 Å². The average molecular weight is 230 g/mol. The molecule has 16 heavy (non-hydrogen) atoms. The molecule has 0 aliphatic rings. The van der Waals surface area contributed by atoms with Crippen LogP contribution < -0.4 is 0 Å². The van der Waals surface area contributed by atoms with Crippen molar-refractivity contribution in [2.45, 2.75) is 16.7 Å². The molecule has 0 saturated heterocycles. The van der Waals surface area contributed by atoms with Gasteiger partial charge in [-0.05, 0) is 31.2 Å². The summed E-state index contributed by atoms with van der Waals surface area (Å²) in [6.45, 7) is 4.11. The van der Waals surface area contributed by atoms with Crippen LogP contribution >= 0.6 is 11.8 Å². The van der Waals surface area contributed by atoms with Crippen LogP contribution in [0.15, 0.2) is 64.4 Å². The molecule has 0 aromatic heterocycles. The van der Waals surface area contributed by atoms with Gasteiger partial charge in [-0.2, -0.15) is 0 Å². The summed E-state index contributed by atoms with van der Waals surface area (Å²) < 4.78 is 0. The predicted octanol–water partition coefficient (Wildman–Crippen LogP) is 3.96. The Labute approximate surface area is 101 Å². The summed E-state index contributed by atoms with van der Waals surface area (Å²) >= 11 is 1.80. The number of carbonyl (C=O) groups is 1. The highest BCUT2D eigenvalue weighted by Crippen LogP contribution is 2.26. The molecule has 0 unspecified atom stereocenters. The third-order valence-corrected chi connectivity index (χ3v) is 3.02. The quantitative estimate of drug-likeness (QED) is 0.776. The van der Waals surface area contributed by atoms with Crippen molar-refractivity contribution < 1.29 is 4.79 Å². The van der Waals surface area contributed by atoms with E-state index in [4.69, 9.17) is 4.79 Å². The minimum Gasteiger partial charge on any atom is -0.307 e. The van der Waals surface area contributed by atoms with Gasteiger partial charge in [-0.3, -0.25) is 0 Å². The first-order valence-electron chi connectivity index (χ1n) is 4.93. The summed E-state index contributed by atoms with van der Waals surface area (Å²) in [6.07, 6.45) is 0. The first kappa shape index (κ1) is 12.5. The zero-order valence-electron chi connectivity index (χ0n) is 9.22. The van der Waals surface area contributed by atoms with Crippen LogP contribution in [0.1, 0.15) is 5.56 Å². The van der Waals surface area contributed by atoms with Gasteiger partial charge in [-0.15, -0.1) is 0 Å². The van der Waals surface area contributed by atoms with Gasteiger partial charge < -0.3 is 4.79 Å². The molecule has 0 saturated carbocycles. The van der Waals surface area contributed by atoms with Crippen LogP contribution in [0.4, 0.5) is 0 Å². The van der Waals surface area contributed by atoms with E-state index >= 15 is 0 Å². The summed E-state index contributed by atoms with van der Waals surface area (Å²) in [5, 5.41) is 0. The maximum Gasteiger partial charge on any atom is 0.106 e. The van der Waals surface area contributed by atoms with Crippen LogP contribution in [0.25, 0.3) is 0 Å². The summed E-state index contributed by atoms with van der Waals surface area (Å²) in [6, 6.07) is 19.0. The monoisotopic (exact) mass is 230 g/mol. The smallest absolute Gasteiger partial charge is 0.106 e. The summed E-state index contributed by atoms with van der Waals surface area (Å²) in [7, 11) is 0. The van der Waals surface area contributed by atoms with Crippen LogP contribution in [0, 0.1) is 6.92 Å². The zero-order chi connectivity index (χ0) is 11.8. The minimum atomic E-state index is 1.29. The van der Waals surface area contributed by atoms with Crippen LogP contribution in [0.5, 0.6) is 0 Å². The van der Waals surface area contributed by atoms with Crippen LogP contribution in [-0.4, -0.2) is 6.79 Å². The van der Waals surface area contributed by atoms with Crippen molar-refractivity contribution in [3.05, 3.63) is 60.2 Å². The molecule has 2 aromatic carbocycles. The molecule has 2 aromatic rings. The third kappa shape index (κ3) is 3.91. The number of carbonyl (C=O) groups excluding carboxylic acids is 1. The van der Waals surface area contributed by atoms with Crippen molar-refractivity contribution in [2.24, 2.45) is 0 Å². The van der Waals surface area contributed by atoms with Gasteiger partial charge in [-0.25, -0.2) is 0 Å². The highest BCUT2D eigenvalue weighted by atomic mass is 32.2. The highest BCUT2D eigenvalue weighted by Gasteiger charge is 1.94. The Morgan fingerprint density at radius 2 is 1.31 bits per heavy atom. The van der Waals surface area contributed by atoms with E-state index < -0.39 is 0 Å². The second-order valence-electron chi connectivity index (χ2n) is 3.23. The number of rotatable bonds is 2. The fourth-order valence-electron chi connectivity index (χ4n) is 1.23. The van der Waals surface area contributed by atoms with Crippen molar-refractivity contribution in [3.8, 4) is 0 Å². The zero-order valence-corrected chi connectivity index (χ0v) is 10.0. The van der Waals surface area contributed by atoms with E-state index in [1.54, 1.807) is 11.8 Å². The molecule has 0 fully saturated rings. The van der Waals surface area contributed by atoms with Gasteiger partial charge in [0.2, 0.25) is 0 Å². The van der Waals surface area contributed by atoms with E-state index in [-0.39, 0.29) is 0 Å². The number of hydrogen-bond donors (Lipinski definition) is 0. The summed E-state index contributed by atoms with van der Waals surface area (Å²) in [4.78, 5) is 10.6. The molecule has 0 bridgehead atoms. The maximum atomic E-state index is 8.00. The topological polar surface area (TPSA) is 17.1 Å². The maximum absolute atomic E-state index is 8.00. The van der Waals surface area contributed by atoms with Crippen molar-refractivity contribution in [2.75, 3.05) is 0 Å². The lowest BCUT2D eigenvalue weighted by atomic mass is 10.2. The Morgan fingerprint density at radius 3 is 1.88 bits per heavy atom. The standard InChI is InChI=1S/C13H12S.CH2O/c1-11-7-9-13(10-8-11)14-12-5-3-2-4-6-12;1-2/h2-10H,1H3;1H2. The molecule has 1 nitrogen and oxygen atoms in total.